The molecule has 148 valence electrons. The van der Waals surface area contributed by atoms with Crippen LogP contribution in [0.1, 0.15) is 21.5 Å². The van der Waals surface area contributed by atoms with E-state index in [-0.39, 0.29) is 27.4 Å². The Bertz CT molecular complexity index is 1430. The van der Waals surface area contributed by atoms with Gasteiger partial charge in [-0.3, -0.25) is 9.52 Å². The number of H-pyrrole nitrogens is 1. The number of aromatic amines is 1. The van der Waals surface area contributed by atoms with Crippen molar-refractivity contribution < 1.29 is 17.6 Å². The first-order valence-electron chi connectivity index (χ1n) is 8.55. The number of rotatable bonds is 5. The Morgan fingerprint density at radius 3 is 2.70 bits per heavy atom. The monoisotopic (exact) mass is 421 g/mol. The van der Waals surface area contributed by atoms with Crippen molar-refractivity contribution in [3.05, 3.63) is 83.6 Å². The zero-order valence-electron chi connectivity index (χ0n) is 15.1. The molecule has 2 N–H and O–H groups in total. The summed E-state index contributed by atoms with van der Waals surface area (Å²) in [6.45, 7) is 0. The summed E-state index contributed by atoms with van der Waals surface area (Å²) in [5, 5.41) is 9.12. The van der Waals surface area contributed by atoms with Gasteiger partial charge in [0.2, 0.25) is 0 Å². The number of fused-ring (bicyclic) bond motifs is 1. The van der Waals surface area contributed by atoms with Gasteiger partial charge < -0.3 is 4.98 Å². The summed E-state index contributed by atoms with van der Waals surface area (Å²) in [6, 6.07) is 11.5. The molecule has 0 atom stereocenters. The highest BCUT2D eigenvalue weighted by atomic mass is 32.2. The highest BCUT2D eigenvalue weighted by Gasteiger charge is 2.23. The molecule has 30 heavy (non-hydrogen) atoms. The summed E-state index contributed by atoms with van der Waals surface area (Å²) in [6.07, 6.45) is 4.01. The minimum Gasteiger partial charge on any atom is -0.345 e. The molecule has 0 unspecified atom stereocenters. The summed E-state index contributed by atoms with van der Waals surface area (Å²) in [5.41, 5.74) is -0.00170. The smallest absolute Gasteiger partial charge is 0.279 e. The number of hydrogen-bond acceptors (Lipinski definition) is 6. The number of halogens is 1. The second-order valence-electron chi connectivity index (χ2n) is 6.20. The predicted molar refractivity (Wildman–Crippen MR) is 106 cm³/mol. The van der Waals surface area contributed by atoms with E-state index in [1.807, 2.05) is 6.07 Å². The molecule has 0 fully saturated rings. The standard InChI is InChI=1S/C20H12FN5O3S/c21-18-13(19(27)15-11-25-20-14(15)8-12(9-22)10-24-20)4-3-5-16(18)26-30(28,29)17-6-1-2-7-23-17/h1-8,10-11,26H,(H,24,25). The number of ketones is 1. The molecule has 0 aliphatic carbocycles. The van der Waals surface area contributed by atoms with Gasteiger partial charge in [-0.15, -0.1) is 0 Å². The Morgan fingerprint density at radius 2 is 1.97 bits per heavy atom. The van der Waals surface area contributed by atoms with Gasteiger partial charge in [0.15, 0.2) is 16.6 Å². The van der Waals surface area contributed by atoms with Crippen molar-refractivity contribution in [3.63, 3.8) is 0 Å². The van der Waals surface area contributed by atoms with Crippen molar-refractivity contribution in [1.29, 1.82) is 5.26 Å². The summed E-state index contributed by atoms with van der Waals surface area (Å²) < 4.78 is 42.1. The summed E-state index contributed by atoms with van der Waals surface area (Å²) >= 11 is 0. The van der Waals surface area contributed by atoms with E-state index in [9.17, 15) is 13.2 Å². The van der Waals surface area contributed by atoms with Gasteiger partial charge in [-0.05, 0) is 30.3 Å². The number of nitriles is 1. The van der Waals surface area contributed by atoms with Crippen LogP contribution in [-0.2, 0) is 10.0 Å². The van der Waals surface area contributed by atoms with Gasteiger partial charge >= 0.3 is 0 Å². The van der Waals surface area contributed by atoms with Crippen molar-refractivity contribution in [3.8, 4) is 6.07 Å². The molecule has 0 amide bonds. The fourth-order valence-electron chi connectivity index (χ4n) is 2.89. The predicted octanol–water partition coefficient (Wildman–Crippen LogP) is 3.00. The van der Waals surface area contributed by atoms with Crippen LogP contribution in [0.15, 0.2) is 66.1 Å². The number of nitrogens with one attached hydrogen (secondary N) is 2. The van der Waals surface area contributed by atoms with Crippen molar-refractivity contribution in [1.82, 2.24) is 15.0 Å². The molecule has 0 radical (unpaired) electrons. The molecule has 4 aromatic rings. The molecule has 0 aliphatic heterocycles. The second kappa shape index (κ2) is 7.38. The molecular weight excluding hydrogens is 409 g/mol. The number of hydrogen-bond donors (Lipinski definition) is 2. The normalized spacial score (nSPS) is 11.2. The summed E-state index contributed by atoms with van der Waals surface area (Å²) in [5.74, 6) is -1.71. The SMILES string of the molecule is N#Cc1cnc2[nH]cc(C(=O)c3cccc(NS(=O)(=O)c4ccccn4)c3F)c2c1. The first-order chi connectivity index (χ1) is 14.4. The Balaban J connectivity index is 1.74. The van der Waals surface area contributed by atoms with Crippen LogP contribution in [0, 0.1) is 17.1 Å². The largest absolute Gasteiger partial charge is 0.345 e. The molecule has 10 heteroatoms. The van der Waals surface area contributed by atoms with Gasteiger partial charge in [0, 0.05) is 29.5 Å². The number of pyridine rings is 2. The van der Waals surface area contributed by atoms with Crippen LogP contribution in [0.5, 0.6) is 0 Å². The van der Waals surface area contributed by atoms with E-state index in [0.717, 1.165) is 0 Å². The van der Waals surface area contributed by atoms with Gasteiger partial charge in [-0.1, -0.05) is 12.1 Å². The van der Waals surface area contributed by atoms with Crippen LogP contribution in [0.2, 0.25) is 0 Å². The number of aromatic nitrogens is 3. The number of carbonyl (C=O) groups excluding carboxylic acids is 1. The number of carbonyl (C=O) groups is 1. The molecule has 8 nitrogen and oxygen atoms in total. The van der Waals surface area contributed by atoms with Gasteiger partial charge in [0.05, 0.1) is 16.8 Å². The van der Waals surface area contributed by atoms with Crippen LogP contribution in [0.25, 0.3) is 11.0 Å². The lowest BCUT2D eigenvalue weighted by molar-refractivity contribution is 0.103. The molecule has 0 saturated carbocycles. The maximum Gasteiger partial charge on any atom is 0.279 e. The molecule has 0 bridgehead atoms. The Kier molecular flexibility index (Phi) is 4.73. The lowest BCUT2D eigenvalue weighted by atomic mass is 10.0. The van der Waals surface area contributed by atoms with E-state index < -0.39 is 21.6 Å². The number of benzene rings is 1. The molecule has 0 aliphatic rings. The molecule has 0 spiro atoms. The van der Waals surface area contributed by atoms with Gasteiger partial charge in [-0.2, -0.15) is 13.7 Å². The summed E-state index contributed by atoms with van der Waals surface area (Å²) in [7, 11) is -4.14. The van der Waals surface area contributed by atoms with E-state index in [1.54, 1.807) is 6.07 Å². The minimum absolute atomic E-state index is 0.109. The molecule has 4 rings (SSSR count). The molecule has 1 aromatic carbocycles. The third kappa shape index (κ3) is 3.38. The number of anilines is 1. The third-order valence-corrected chi connectivity index (χ3v) is 5.59. The fraction of sp³-hybridized carbons (Fsp3) is 0. The van der Waals surface area contributed by atoms with Crippen LogP contribution in [0.4, 0.5) is 10.1 Å². The van der Waals surface area contributed by atoms with Crippen molar-refractivity contribution in [2.45, 2.75) is 5.03 Å². The Hall–Kier alpha value is -4.10. The van der Waals surface area contributed by atoms with E-state index in [2.05, 4.69) is 19.7 Å². The fourth-order valence-corrected chi connectivity index (χ4v) is 3.90. The lowest BCUT2D eigenvalue weighted by Crippen LogP contribution is -2.16. The highest BCUT2D eigenvalue weighted by Crippen LogP contribution is 2.26. The first kappa shape index (κ1) is 19.2. The van der Waals surface area contributed by atoms with Crippen LogP contribution >= 0.6 is 0 Å². The summed E-state index contributed by atoms with van der Waals surface area (Å²) in [4.78, 5) is 23.6. The quantitative estimate of drug-likeness (QED) is 0.477. The Labute approximate surface area is 170 Å². The third-order valence-electron chi connectivity index (χ3n) is 4.31. The van der Waals surface area contributed by atoms with Crippen LogP contribution < -0.4 is 4.72 Å². The van der Waals surface area contributed by atoms with E-state index >= 15 is 4.39 Å². The number of sulfonamides is 1. The van der Waals surface area contributed by atoms with E-state index in [1.165, 1.54) is 55.0 Å². The van der Waals surface area contributed by atoms with E-state index in [0.29, 0.717) is 11.0 Å². The topological polar surface area (TPSA) is 129 Å². The van der Waals surface area contributed by atoms with E-state index in [4.69, 9.17) is 5.26 Å². The molecule has 0 saturated heterocycles. The highest BCUT2D eigenvalue weighted by molar-refractivity contribution is 7.92. The average molecular weight is 421 g/mol. The zero-order chi connectivity index (χ0) is 21.3. The molecule has 3 heterocycles. The van der Waals surface area contributed by atoms with Gasteiger partial charge in [0.1, 0.15) is 11.7 Å². The zero-order valence-corrected chi connectivity index (χ0v) is 15.9. The second-order valence-corrected chi connectivity index (χ2v) is 7.83. The average Bonchev–Trinajstić information content (AvgIpc) is 3.18. The van der Waals surface area contributed by atoms with Crippen LogP contribution in [0.3, 0.4) is 0 Å². The van der Waals surface area contributed by atoms with Gasteiger partial charge in [-0.25, -0.2) is 14.4 Å². The number of nitrogens with zero attached hydrogens (tertiary/aromatic N) is 3. The van der Waals surface area contributed by atoms with Crippen molar-refractivity contribution >= 4 is 32.5 Å². The minimum atomic E-state index is -4.14. The van der Waals surface area contributed by atoms with Gasteiger partial charge in [0.25, 0.3) is 10.0 Å². The maximum absolute atomic E-state index is 15.1. The van der Waals surface area contributed by atoms with Crippen molar-refractivity contribution in [2.24, 2.45) is 0 Å². The van der Waals surface area contributed by atoms with Crippen LogP contribution in [-0.4, -0.2) is 29.2 Å². The first-order valence-corrected chi connectivity index (χ1v) is 10.0. The molecular formula is C20H12FN5O3S. The lowest BCUT2D eigenvalue weighted by Gasteiger charge is -2.10. The maximum atomic E-state index is 15.1. The Morgan fingerprint density at radius 1 is 1.13 bits per heavy atom. The van der Waals surface area contributed by atoms with Crippen molar-refractivity contribution in [2.75, 3.05) is 4.72 Å². The molecule has 3 aromatic heterocycles.